The second-order valence-electron chi connectivity index (χ2n) is 8.20. The largest absolute Gasteiger partial charge is 0.325 e. The van der Waals surface area contributed by atoms with Gasteiger partial charge in [0.25, 0.3) is 5.91 Å². The molecule has 4 aromatic rings. The van der Waals surface area contributed by atoms with E-state index < -0.39 is 11.1 Å². The molecule has 2 N–H and O–H groups in total. The Morgan fingerprint density at radius 1 is 0.800 bits per heavy atom. The van der Waals surface area contributed by atoms with Crippen LogP contribution in [0.2, 0.25) is 0 Å². The second kappa shape index (κ2) is 11.0. The molecule has 4 nitrogen and oxygen atoms in total. The molecule has 0 spiro atoms. The fourth-order valence-electron chi connectivity index (χ4n) is 3.61. The van der Waals surface area contributed by atoms with Crippen molar-refractivity contribution in [2.75, 3.05) is 10.6 Å². The fourth-order valence-corrected chi connectivity index (χ4v) is 4.63. The molecule has 6 heteroatoms. The molecule has 4 aromatic carbocycles. The summed E-state index contributed by atoms with van der Waals surface area (Å²) in [6, 6.07) is 28.3. The number of aryl methyl sites for hydroxylation is 2. The molecular weight excluding hydrogens is 459 g/mol. The minimum absolute atomic E-state index is 0.109. The highest BCUT2D eigenvalue weighted by Gasteiger charge is 2.22. The number of benzene rings is 4. The van der Waals surface area contributed by atoms with E-state index >= 15 is 0 Å². The van der Waals surface area contributed by atoms with Crippen molar-refractivity contribution in [2.45, 2.75) is 24.0 Å². The van der Waals surface area contributed by atoms with Gasteiger partial charge in [-0.05, 0) is 79.6 Å². The van der Waals surface area contributed by atoms with Crippen LogP contribution in [-0.2, 0) is 4.79 Å². The number of hydrogen-bond donors (Lipinski definition) is 2. The number of carbonyl (C=O) groups is 2. The van der Waals surface area contributed by atoms with Crippen LogP contribution in [0.3, 0.4) is 0 Å². The first-order chi connectivity index (χ1) is 16.9. The van der Waals surface area contributed by atoms with Crippen LogP contribution in [0, 0.1) is 19.7 Å². The summed E-state index contributed by atoms with van der Waals surface area (Å²) in [6.45, 7) is 4.00. The summed E-state index contributed by atoms with van der Waals surface area (Å²) in [5.74, 6) is -0.820. The lowest BCUT2D eigenvalue weighted by molar-refractivity contribution is -0.115. The number of hydrogen-bond acceptors (Lipinski definition) is 3. The molecule has 0 bridgehead atoms. The van der Waals surface area contributed by atoms with Crippen molar-refractivity contribution in [3.8, 4) is 0 Å². The van der Waals surface area contributed by atoms with E-state index in [4.69, 9.17) is 0 Å². The topological polar surface area (TPSA) is 58.2 Å². The second-order valence-corrected chi connectivity index (χ2v) is 9.38. The highest BCUT2D eigenvalue weighted by molar-refractivity contribution is 8.00. The van der Waals surface area contributed by atoms with Crippen molar-refractivity contribution in [2.24, 2.45) is 0 Å². The Labute approximate surface area is 208 Å². The predicted octanol–water partition coefficient (Wildman–Crippen LogP) is 7.17. The van der Waals surface area contributed by atoms with Gasteiger partial charge in [-0.25, -0.2) is 4.39 Å². The minimum atomic E-state index is -0.462. The molecule has 2 amide bonds. The Bertz CT molecular complexity index is 1320. The van der Waals surface area contributed by atoms with Crippen LogP contribution >= 0.6 is 11.8 Å². The predicted molar refractivity (Wildman–Crippen MR) is 140 cm³/mol. The van der Waals surface area contributed by atoms with Crippen LogP contribution < -0.4 is 10.6 Å². The van der Waals surface area contributed by atoms with Gasteiger partial charge in [-0.15, -0.1) is 11.8 Å². The van der Waals surface area contributed by atoms with Gasteiger partial charge in [0.05, 0.1) is 0 Å². The number of amides is 2. The lowest BCUT2D eigenvalue weighted by Crippen LogP contribution is -2.19. The standard InChI is InChI=1S/C29H25FN2O2S/c1-19-8-17-26(20(2)18-19)32-29(34)27(21-6-4-3-5-7-21)35-25-15-13-24(14-16-25)31-28(33)22-9-11-23(30)12-10-22/h3-18,27H,1-2H3,(H,31,33)(H,32,34). The molecule has 0 heterocycles. The number of rotatable bonds is 7. The SMILES string of the molecule is Cc1ccc(NC(=O)C(Sc2ccc(NC(=O)c3ccc(F)cc3)cc2)c2ccccc2)c(C)c1. The van der Waals surface area contributed by atoms with Crippen LogP contribution in [0.25, 0.3) is 0 Å². The van der Waals surface area contributed by atoms with Crippen molar-refractivity contribution in [3.05, 3.63) is 125 Å². The molecule has 1 atom stereocenters. The number of carbonyl (C=O) groups excluding carboxylic acids is 2. The van der Waals surface area contributed by atoms with Gasteiger partial charge in [0.2, 0.25) is 5.91 Å². The van der Waals surface area contributed by atoms with E-state index in [9.17, 15) is 14.0 Å². The smallest absolute Gasteiger partial charge is 0.255 e. The lowest BCUT2D eigenvalue weighted by atomic mass is 10.1. The molecule has 0 fully saturated rings. The molecule has 0 saturated carbocycles. The van der Waals surface area contributed by atoms with Gasteiger partial charge >= 0.3 is 0 Å². The van der Waals surface area contributed by atoms with Crippen molar-refractivity contribution in [3.63, 3.8) is 0 Å². The highest BCUT2D eigenvalue weighted by atomic mass is 32.2. The normalized spacial score (nSPS) is 11.5. The third-order valence-electron chi connectivity index (χ3n) is 5.45. The van der Waals surface area contributed by atoms with Gasteiger partial charge in [0.1, 0.15) is 11.1 Å². The van der Waals surface area contributed by atoms with Crippen LogP contribution in [0.1, 0.15) is 32.3 Å². The van der Waals surface area contributed by atoms with E-state index in [1.165, 1.54) is 36.0 Å². The Morgan fingerprint density at radius 3 is 2.14 bits per heavy atom. The zero-order valence-electron chi connectivity index (χ0n) is 19.4. The molecule has 176 valence electrons. The number of halogens is 1. The maximum Gasteiger partial charge on any atom is 0.255 e. The lowest BCUT2D eigenvalue weighted by Gasteiger charge is -2.18. The van der Waals surface area contributed by atoms with Crippen LogP contribution in [0.15, 0.2) is 102 Å². The van der Waals surface area contributed by atoms with Gasteiger partial charge in [0.15, 0.2) is 0 Å². The summed E-state index contributed by atoms with van der Waals surface area (Å²) in [7, 11) is 0. The number of nitrogens with one attached hydrogen (secondary N) is 2. The van der Waals surface area contributed by atoms with Crippen LogP contribution in [-0.4, -0.2) is 11.8 Å². The summed E-state index contributed by atoms with van der Waals surface area (Å²) in [4.78, 5) is 26.6. The summed E-state index contributed by atoms with van der Waals surface area (Å²) >= 11 is 1.44. The van der Waals surface area contributed by atoms with Gasteiger partial charge in [-0.3, -0.25) is 9.59 Å². The number of anilines is 2. The van der Waals surface area contributed by atoms with Gasteiger partial charge in [0, 0.05) is 21.8 Å². The summed E-state index contributed by atoms with van der Waals surface area (Å²) in [5.41, 5.74) is 4.82. The maximum absolute atomic E-state index is 13.3. The maximum atomic E-state index is 13.3. The van der Waals surface area contributed by atoms with Gasteiger partial charge in [-0.1, -0.05) is 48.0 Å². The Hall–Kier alpha value is -3.90. The Morgan fingerprint density at radius 2 is 1.49 bits per heavy atom. The first-order valence-electron chi connectivity index (χ1n) is 11.2. The first-order valence-corrected chi connectivity index (χ1v) is 12.0. The molecular formula is C29H25FN2O2S. The quantitative estimate of drug-likeness (QED) is 0.274. The Kier molecular flexibility index (Phi) is 7.63. The molecule has 1 unspecified atom stereocenters. The van der Waals surface area contributed by atoms with E-state index in [2.05, 4.69) is 10.6 Å². The van der Waals surface area contributed by atoms with Crippen molar-refractivity contribution < 1.29 is 14.0 Å². The van der Waals surface area contributed by atoms with Crippen LogP contribution in [0.5, 0.6) is 0 Å². The number of thioether (sulfide) groups is 1. The summed E-state index contributed by atoms with van der Waals surface area (Å²) in [6.07, 6.45) is 0. The molecule has 35 heavy (non-hydrogen) atoms. The molecule has 0 radical (unpaired) electrons. The van der Waals surface area contributed by atoms with Gasteiger partial charge < -0.3 is 10.6 Å². The van der Waals surface area contributed by atoms with Crippen molar-refractivity contribution >= 4 is 35.0 Å². The summed E-state index contributed by atoms with van der Waals surface area (Å²) < 4.78 is 13.1. The molecule has 4 rings (SSSR count). The molecule has 0 aliphatic heterocycles. The van der Waals surface area contributed by atoms with Crippen LogP contribution in [0.4, 0.5) is 15.8 Å². The van der Waals surface area contributed by atoms with Crippen molar-refractivity contribution in [1.29, 1.82) is 0 Å². The Balaban J connectivity index is 1.49. The van der Waals surface area contributed by atoms with Gasteiger partial charge in [-0.2, -0.15) is 0 Å². The van der Waals surface area contributed by atoms with E-state index in [0.29, 0.717) is 11.3 Å². The summed E-state index contributed by atoms with van der Waals surface area (Å²) in [5, 5.41) is 5.42. The third kappa shape index (κ3) is 6.37. The molecule has 0 aromatic heterocycles. The fraction of sp³-hybridized carbons (Fsp3) is 0.103. The monoisotopic (exact) mass is 484 g/mol. The zero-order chi connectivity index (χ0) is 24.8. The molecule has 0 aliphatic rings. The zero-order valence-corrected chi connectivity index (χ0v) is 20.2. The molecule has 0 saturated heterocycles. The van der Waals surface area contributed by atoms with E-state index in [-0.39, 0.29) is 11.8 Å². The average molecular weight is 485 g/mol. The third-order valence-corrected chi connectivity index (χ3v) is 6.72. The van der Waals surface area contributed by atoms with E-state index in [0.717, 1.165) is 27.3 Å². The average Bonchev–Trinajstić information content (AvgIpc) is 2.86. The first kappa shape index (κ1) is 24.2. The molecule has 0 aliphatic carbocycles. The van der Waals surface area contributed by atoms with E-state index in [1.807, 2.05) is 74.5 Å². The van der Waals surface area contributed by atoms with Crippen molar-refractivity contribution in [1.82, 2.24) is 0 Å². The highest BCUT2D eigenvalue weighted by Crippen LogP contribution is 2.37. The van der Waals surface area contributed by atoms with E-state index in [1.54, 1.807) is 12.1 Å². The minimum Gasteiger partial charge on any atom is -0.325 e.